The Labute approximate surface area is 89.2 Å². The van der Waals surface area contributed by atoms with Gasteiger partial charge >= 0.3 is 0 Å². The first kappa shape index (κ1) is 9.21. The number of halogens is 1. The third-order valence-electron chi connectivity index (χ3n) is 1.73. The van der Waals surface area contributed by atoms with Crippen molar-refractivity contribution in [2.75, 3.05) is 5.73 Å². The number of aromatic nitrogens is 2. The largest absolute Gasteiger partial charge is 0.365 e. The van der Waals surface area contributed by atoms with Gasteiger partial charge < -0.3 is 10.3 Å². The summed E-state index contributed by atoms with van der Waals surface area (Å²) in [5.74, 6) is 0.588. The van der Waals surface area contributed by atoms with Crippen LogP contribution in [0.3, 0.4) is 0 Å². The molecule has 0 saturated heterocycles. The summed E-state index contributed by atoms with van der Waals surface area (Å²) < 4.78 is 5.93. The Hall–Kier alpha value is -1.36. The van der Waals surface area contributed by atoms with Gasteiger partial charge in [-0.15, -0.1) is 0 Å². The molecule has 0 amide bonds. The number of rotatable bonds is 1. The molecule has 4 nitrogen and oxygen atoms in total. The Bertz CT molecular complexity index is 447. The highest BCUT2D eigenvalue weighted by Crippen LogP contribution is 2.23. The lowest BCUT2D eigenvalue weighted by Gasteiger charge is -1.98. The first-order valence-electron chi connectivity index (χ1n) is 4.02. The van der Waals surface area contributed by atoms with Crippen molar-refractivity contribution in [3.8, 4) is 11.5 Å². The number of nitrogens with zero attached hydrogens (tertiary/aromatic N) is 2. The zero-order valence-electron chi connectivity index (χ0n) is 7.49. The van der Waals surface area contributed by atoms with E-state index in [0.717, 1.165) is 15.6 Å². The van der Waals surface area contributed by atoms with E-state index in [0.29, 0.717) is 5.89 Å². The summed E-state index contributed by atoms with van der Waals surface area (Å²) in [7, 11) is 0. The lowest BCUT2D eigenvalue weighted by Crippen LogP contribution is -1.86. The fourth-order valence-electron chi connectivity index (χ4n) is 1.21. The molecule has 0 aliphatic heterocycles. The molecular weight excluding hydrogens is 246 g/mol. The zero-order chi connectivity index (χ0) is 10.1. The summed E-state index contributed by atoms with van der Waals surface area (Å²) in [6.07, 6.45) is 0. The molecule has 1 aromatic carbocycles. The van der Waals surface area contributed by atoms with Crippen molar-refractivity contribution in [2.24, 2.45) is 0 Å². The van der Waals surface area contributed by atoms with Crippen LogP contribution in [0.1, 0.15) is 5.56 Å². The molecule has 0 radical (unpaired) electrons. The second-order valence-corrected chi connectivity index (χ2v) is 3.89. The molecular formula is C9H8BrN3O. The molecule has 0 fully saturated rings. The number of anilines is 1. The van der Waals surface area contributed by atoms with E-state index < -0.39 is 0 Å². The minimum absolute atomic E-state index is 0.151. The van der Waals surface area contributed by atoms with Crippen LogP contribution in [0.2, 0.25) is 0 Å². The summed E-state index contributed by atoms with van der Waals surface area (Å²) in [6, 6.07) is 5.86. The van der Waals surface area contributed by atoms with E-state index in [1.807, 2.05) is 25.1 Å². The Morgan fingerprint density at radius 2 is 2.14 bits per heavy atom. The van der Waals surface area contributed by atoms with Crippen molar-refractivity contribution in [1.82, 2.24) is 10.1 Å². The van der Waals surface area contributed by atoms with Gasteiger partial charge in [0, 0.05) is 10.0 Å². The highest BCUT2D eigenvalue weighted by Gasteiger charge is 2.07. The molecule has 2 N–H and O–H groups in total. The summed E-state index contributed by atoms with van der Waals surface area (Å²) in [4.78, 5) is 3.94. The molecule has 2 aromatic rings. The van der Waals surface area contributed by atoms with E-state index in [2.05, 4.69) is 26.1 Å². The molecule has 2 rings (SSSR count). The van der Waals surface area contributed by atoms with Crippen LogP contribution in [-0.2, 0) is 0 Å². The number of hydrogen-bond donors (Lipinski definition) is 1. The van der Waals surface area contributed by atoms with E-state index in [4.69, 9.17) is 10.3 Å². The molecule has 0 atom stereocenters. The number of benzene rings is 1. The summed E-state index contributed by atoms with van der Waals surface area (Å²) in [5.41, 5.74) is 7.34. The lowest BCUT2D eigenvalue weighted by molar-refractivity contribution is 0.433. The second kappa shape index (κ2) is 3.42. The SMILES string of the molecule is Cc1cc(Br)cc(-c2nc(N)no2)c1. The van der Waals surface area contributed by atoms with Crippen molar-refractivity contribution < 1.29 is 4.52 Å². The van der Waals surface area contributed by atoms with Gasteiger partial charge in [-0.1, -0.05) is 15.9 Å². The topological polar surface area (TPSA) is 64.9 Å². The molecule has 0 bridgehead atoms. The highest BCUT2D eigenvalue weighted by molar-refractivity contribution is 9.10. The van der Waals surface area contributed by atoms with Gasteiger partial charge in [-0.3, -0.25) is 0 Å². The van der Waals surface area contributed by atoms with Crippen molar-refractivity contribution in [2.45, 2.75) is 6.92 Å². The summed E-state index contributed by atoms with van der Waals surface area (Å²) >= 11 is 3.40. The molecule has 0 spiro atoms. The molecule has 0 unspecified atom stereocenters. The van der Waals surface area contributed by atoms with Crippen LogP contribution in [0.25, 0.3) is 11.5 Å². The monoisotopic (exact) mass is 253 g/mol. The zero-order valence-corrected chi connectivity index (χ0v) is 9.08. The predicted octanol–water partition coefficient (Wildman–Crippen LogP) is 2.39. The van der Waals surface area contributed by atoms with Crippen molar-refractivity contribution >= 4 is 21.9 Å². The minimum atomic E-state index is 0.151. The van der Waals surface area contributed by atoms with Gasteiger partial charge in [0.2, 0.25) is 0 Å². The Morgan fingerprint density at radius 3 is 2.71 bits per heavy atom. The van der Waals surface area contributed by atoms with Gasteiger partial charge in [-0.25, -0.2) is 0 Å². The average Bonchev–Trinajstić information content (AvgIpc) is 2.50. The number of nitrogens with two attached hydrogens (primary N) is 1. The Morgan fingerprint density at radius 1 is 1.36 bits per heavy atom. The normalized spacial score (nSPS) is 10.4. The third kappa shape index (κ3) is 1.77. The van der Waals surface area contributed by atoms with Gasteiger partial charge in [-0.05, 0) is 35.8 Å². The van der Waals surface area contributed by atoms with Crippen LogP contribution in [0.15, 0.2) is 27.2 Å². The summed E-state index contributed by atoms with van der Waals surface area (Å²) in [6.45, 7) is 1.99. The molecule has 5 heteroatoms. The molecule has 14 heavy (non-hydrogen) atoms. The quantitative estimate of drug-likeness (QED) is 0.848. The lowest BCUT2D eigenvalue weighted by atomic mass is 10.1. The maximum atomic E-state index is 5.36. The predicted molar refractivity (Wildman–Crippen MR) is 56.6 cm³/mol. The van der Waals surface area contributed by atoms with Gasteiger partial charge in [0.1, 0.15) is 0 Å². The summed E-state index contributed by atoms with van der Waals surface area (Å²) in [5, 5.41) is 3.53. The molecule has 1 aromatic heterocycles. The first-order chi connectivity index (χ1) is 6.65. The van der Waals surface area contributed by atoms with E-state index in [1.54, 1.807) is 0 Å². The highest BCUT2D eigenvalue weighted by atomic mass is 79.9. The fraction of sp³-hybridized carbons (Fsp3) is 0.111. The number of nitrogen functional groups attached to an aromatic ring is 1. The van der Waals surface area contributed by atoms with E-state index in [9.17, 15) is 0 Å². The standard InChI is InChI=1S/C9H8BrN3O/c1-5-2-6(4-7(10)3-5)8-12-9(11)13-14-8/h2-4H,1H3,(H2,11,13). The number of aryl methyl sites for hydroxylation is 1. The van der Waals surface area contributed by atoms with Crippen LogP contribution in [0.4, 0.5) is 5.95 Å². The minimum Gasteiger partial charge on any atom is -0.365 e. The van der Waals surface area contributed by atoms with Gasteiger partial charge in [-0.2, -0.15) is 4.98 Å². The van der Waals surface area contributed by atoms with E-state index >= 15 is 0 Å². The average molecular weight is 254 g/mol. The maximum absolute atomic E-state index is 5.36. The molecule has 72 valence electrons. The van der Waals surface area contributed by atoms with Gasteiger partial charge in [0.05, 0.1) is 0 Å². The van der Waals surface area contributed by atoms with Crippen LogP contribution in [0.5, 0.6) is 0 Å². The molecule has 0 aliphatic carbocycles. The maximum Gasteiger partial charge on any atom is 0.261 e. The second-order valence-electron chi connectivity index (χ2n) is 2.97. The van der Waals surface area contributed by atoms with Crippen molar-refractivity contribution in [3.05, 3.63) is 28.2 Å². The smallest absolute Gasteiger partial charge is 0.261 e. The van der Waals surface area contributed by atoms with Crippen molar-refractivity contribution in [1.29, 1.82) is 0 Å². The third-order valence-corrected chi connectivity index (χ3v) is 2.19. The van der Waals surface area contributed by atoms with Crippen molar-refractivity contribution in [3.63, 3.8) is 0 Å². The van der Waals surface area contributed by atoms with Crippen LogP contribution in [-0.4, -0.2) is 10.1 Å². The molecule has 0 aliphatic rings. The van der Waals surface area contributed by atoms with E-state index in [1.165, 1.54) is 0 Å². The van der Waals surface area contributed by atoms with Crippen LogP contribution < -0.4 is 5.73 Å². The molecule has 1 heterocycles. The Balaban J connectivity index is 2.51. The Kier molecular flexibility index (Phi) is 2.25. The van der Waals surface area contributed by atoms with Crippen LogP contribution >= 0.6 is 15.9 Å². The fourth-order valence-corrected chi connectivity index (χ4v) is 1.82. The number of hydrogen-bond acceptors (Lipinski definition) is 4. The van der Waals surface area contributed by atoms with Gasteiger partial charge in [0.25, 0.3) is 11.8 Å². The van der Waals surface area contributed by atoms with Gasteiger partial charge in [0.15, 0.2) is 0 Å². The first-order valence-corrected chi connectivity index (χ1v) is 4.81. The molecule has 0 saturated carbocycles. The van der Waals surface area contributed by atoms with E-state index in [-0.39, 0.29) is 5.95 Å². The van der Waals surface area contributed by atoms with Crippen LogP contribution in [0, 0.1) is 6.92 Å².